The number of aromatic nitrogens is 2. The zero-order valence-corrected chi connectivity index (χ0v) is 12.3. The summed E-state index contributed by atoms with van der Waals surface area (Å²) in [5.41, 5.74) is 2.93. The molecule has 1 heterocycles. The third kappa shape index (κ3) is 3.38. The van der Waals surface area contributed by atoms with Crippen molar-refractivity contribution >= 4 is 21.9 Å². The van der Waals surface area contributed by atoms with Crippen molar-refractivity contribution in [3.8, 4) is 11.3 Å². The second-order valence-electron chi connectivity index (χ2n) is 4.07. The first-order chi connectivity index (χ1) is 9.10. The maximum absolute atomic E-state index is 11.2. The smallest absolute Gasteiger partial charge is 0.313 e. The molecule has 2 rings (SSSR count). The molecule has 2 aromatic rings. The number of hydrogen-bond acceptors (Lipinski definition) is 4. The lowest BCUT2D eigenvalue weighted by Gasteiger charge is -2.07. The molecule has 0 fully saturated rings. The average Bonchev–Trinajstić information content (AvgIpc) is 2.41. The number of ether oxygens (including phenoxy) is 1. The van der Waals surface area contributed by atoms with Crippen LogP contribution in [0.5, 0.6) is 0 Å². The lowest BCUT2D eigenvalue weighted by atomic mass is 10.1. The molecule has 0 atom stereocenters. The Hall–Kier alpha value is -1.75. The van der Waals surface area contributed by atoms with Crippen LogP contribution in [-0.4, -0.2) is 23.0 Å². The first-order valence-electron chi connectivity index (χ1n) is 5.75. The summed E-state index contributed by atoms with van der Waals surface area (Å²) < 4.78 is 5.60. The van der Waals surface area contributed by atoms with Gasteiger partial charge in [-0.1, -0.05) is 22.0 Å². The number of aryl methyl sites for hydroxylation is 1. The van der Waals surface area contributed by atoms with Gasteiger partial charge in [-0.25, -0.2) is 9.97 Å². The molecule has 0 bridgehead atoms. The summed E-state index contributed by atoms with van der Waals surface area (Å²) >= 11 is 3.45. The van der Waals surface area contributed by atoms with Gasteiger partial charge in [0.05, 0.1) is 12.8 Å². The largest absolute Gasteiger partial charge is 0.469 e. The molecule has 98 valence electrons. The zero-order chi connectivity index (χ0) is 13.8. The van der Waals surface area contributed by atoms with Gasteiger partial charge in [-0.3, -0.25) is 4.79 Å². The first kappa shape index (κ1) is 13.7. The minimum absolute atomic E-state index is 0.0807. The van der Waals surface area contributed by atoms with Crippen LogP contribution in [0.2, 0.25) is 0 Å². The van der Waals surface area contributed by atoms with E-state index in [1.54, 1.807) is 6.20 Å². The van der Waals surface area contributed by atoms with Crippen molar-refractivity contribution in [3.05, 3.63) is 46.3 Å². The van der Waals surface area contributed by atoms with Crippen LogP contribution < -0.4 is 0 Å². The van der Waals surface area contributed by atoms with Gasteiger partial charge in [0.1, 0.15) is 12.2 Å². The van der Waals surface area contributed by atoms with Crippen molar-refractivity contribution < 1.29 is 9.53 Å². The highest BCUT2D eigenvalue weighted by Crippen LogP contribution is 2.25. The van der Waals surface area contributed by atoms with E-state index in [1.165, 1.54) is 7.11 Å². The number of hydrogen-bond donors (Lipinski definition) is 0. The third-order valence-electron chi connectivity index (χ3n) is 2.71. The van der Waals surface area contributed by atoms with E-state index < -0.39 is 0 Å². The molecule has 0 aliphatic heterocycles. The Morgan fingerprint density at radius 3 is 2.89 bits per heavy atom. The van der Waals surface area contributed by atoms with Crippen LogP contribution >= 0.6 is 15.9 Å². The predicted octanol–water partition coefficient (Wildman–Crippen LogP) is 2.93. The van der Waals surface area contributed by atoms with Crippen LogP contribution in [0.1, 0.15) is 11.4 Å². The second kappa shape index (κ2) is 5.93. The van der Waals surface area contributed by atoms with Gasteiger partial charge in [0.2, 0.25) is 0 Å². The standard InChI is InChI=1S/C14H13BrN2O2/c1-9-3-4-10(15)7-11(9)12-5-6-16-13(17-12)8-14(18)19-2/h3-7H,8H2,1-2H3. The Labute approximate surface area is 120 Å². The van der Waals surface area contributed by atoms with Crippen LogP contribution in [0.4, 0.5) is 0 Å². The lowest BCUT2D eigenvalue weighted by molar-refractivity contribution is -0.139. The van der Waals surface area contributed by atoms with Crippen LogP contribution in [0.15, 0.2) is 34.9 Å². The number of halogens is 1. The minimum Gasteiger partial charge on any atom is -0.469 e. The van der Waals surface area contributed by atoms with Gasteiger partial charge in [0, 0.05) is 16.2 Å². The Bertz CT molecular complexity index is 614. The van der Waals surface area contributed by atoms with Crippen LogP contribution in [0.25, 0.3) is 11.3 Å². The SMILES string of the molecule is COC(=O)Cc1nccc(-c2cc(Br)ccc2C)n1. The van der Waals surface area contributed by atoms with Gasteiger partial charge < -0.3 is 4.74 Å². The Morgan fingerprint density at radius 2 is 2.16 bits per heavy atom. The number of carbonyl (C=O) groups excluding carboxylic acids is 1. The van der Waals surface area contributed by atoms with Crippen molar-refractivity contribution in [1.82, 2.24) is 9.97 Å². The molecule has 19 heavy (non-hydrogen) atoms. The molecule has 0 N–H and O–H groups in total. The summed E-state index contributed by atoms with van der Waals surface area (Å²) in [6, 6.07) is 7.83. The normalized spacial score (nSPS) is 10.3. The van der Waals surface area contributed by atoms with E-state index in [4.69, 9.17) is 0 Å². The number of carbonyl (C=O) groups is 1. The van der Waals surface area contributed by atoms with Crippen molar-refractivity contribution in [2.45, 2.75) is 13.3 Å². The van der Waals surface area contributed by atoms with Crippen molar-refractivity contribution in [2.24, 2.45) is 0 Å². The molecule has 1 aromatic carbocycles. The monoisotopic (exact) mass is 320 g/mol. The molecule has 0 radical (unpaired) electrons. The highest BCUT2D eigenvalue weighted by Gasteiger charge is 2.09. The number of methoxy groups -OCH3 is 1. The van der Waals surface area contributed by atoms with Gasteiger partial charge in [0.25, 0.3) is 0 Å². The topological polar surface area (TPSA) is 52.1 Å². The molecule has 0 aliphatic carbocycles. The predicted molar refractivity (Wildman–Crippen MR) is 75.6 cm³/mol. The fourth-order valence-corrected chi connectivity index (χ4v) is 2.07. The lowest BCUT2D eigenvalue weighted by Crippen LogP contribution is -2.08. The van der Waals surface area contributed by atoms with Gasteiger partial charge in [-0.2, -0.15) is 0 Å². The molecule has 4 nitrogen and oxygen atoms in total. The fourth-order valence-electron chi connectivity index (χ4n) is 1.71. The maximum atomic E-state index is 11.2. The Morgan fingerprint density at radius 1 is 1.37 bits per heavy atom. The van der Waals surface area contributed by atoms with E-state index in [0.29, 0.717) is 5.82 Å². The molecule has 0 spiro atoms. The average molecular weight is 321 g/mol. The molecule has 1 aromatic heterocycles. The minimum atomic E-state index is -0.344. The molecule has 0 unspecified atom stereocenters. The van der Waals surface area contributed by atoms with Crippen LogP contribution in [0, 0.1) is 6.92 Å². The summed E-state index contributed by atoms with van der Waals surface area (Å²) in [5, 5.41) is 0. The summed E-state index contributed by atoms with van der Waals surface area (Å²) in [4.78, 5) is 19.7. The summed E-state index contributed by atoms with van der Waals surface area (Å²) in [7, 11) is 1.35. The summed E-state index contributed by atoms with van der Waals surface area (Å²) in [6.07, 6.45) is 1.73. The summed E-state index contributed by atoms with van der Waals surface area (Å²) in [6.45, 7) is 2.02. The van der Waals surface area contributed by atoms with Gasteiger partial charge in [0.15, 0.2) is 0 Å². The summed E-state index contributed by atoms with van der Waals surface area (Å²) in [5.74, 6) is 0.117. The number of rotatable bonds is 3. The van der Waals surface area contributed by atoms with E-state index in [0.717, 1.165) is 21.3 Å². The van der Waals surface area contributed by atoms with E-state index in [2.05, 4.69) is 30.6 Å². The van der Waals surface area contributed by atoms with Crippen molar-refractivity contribution in [1.29, 1.82) is 0 Å². The highest BCUT2D eigenvalue weighted by atomic mass is 79.9. The number of nitrogens with zero attached hydrogens (tertiary/aromatic N) is 2. The quantitative estimate of drug-likeness (QED) is 0.816. The molecule has 0 saturated heterocycles. The van der Waals surface area contributed by atoms with E-state index in [1.807, 2.05) is 31.2 Å². The van der Waals surface area contributed by atoms with Gasteiger partial charge in [-0.05, 0) is 30.7 Å². The Balaban J connectivity index is 2.37. The molecular formula is C14H13BrN2O2. The van der Waals surface area contributed by atoms with Gasteiger partial charge >= 0.3 is 5.97 Å². The van der Waals surface area contributed by atoms with Crippen LogP contribution in [-0.2, 0) is 16.0 Å². The fraction of sp³-hybridized carbons (Fsp3) is 0.214. The number of benzene rings is 1. The molecular weight excluding hydrogens is 308 g/mol. The van der Waals surface area contributed by atoms with E-state index >= 15 is 0 Å². The molecule has 0 amide bonds. The van der Waals surface area contributed by atoms with E-state index in [-0.39, 0.29) is 12.4 Å². The number of esters is 1. The third-order valence-corrected chi connectivity index (χ3v) is 3.20. The van der Waals surface area contributed by atoms with Crippen molar-refractivity contribution in [2.75, 3.05) is 7.11 Å². The van der Waals surface area contributed by atoms with Gasteiger partial charge in [-0.15, -0.1) is 0 Å². The van der Waals surface area contributed by atoms with Crippen molar-refractivity contribution in [3.63, 3.8) is 0 Å². The first-order valence-corrected chi connectivity index (χ1v) is 6.54. The second-order valence-corrected chi connectivity index (χ2v) is 4.99. The molecule has 0 saturated carbocycles. The molecule has 5 heteroatoms. The molecule has 0 aliphatic rings. The zero-order valence-electron chi connectivity index (χ0n) is 10.7. The maximum Gasteiger partial charge on any atom is 0.313 e. The Kier molecular flexibility index (Phi) is 4.27. The highest BCUT2D eigenvalue weighted by molar-refractivity contribution is 9.10. The van der Waals surface area contributed by atoms with Crippen LogP contribution in [0.3, 0.4) is 0 Å². The van der Waals surface area contributed by atoms with E-state index in [9.17, 15) is 4.79 Å².